The van der Waals surface area contributed by atoms with Gasteiger partial charge in [0.15, 0.2) is 0 Å². The normalized spacial score (nSPS) is 12.6. The van der Waals surface area contributed by atoms with Crippen molar-refractivity contribution in [2.45, 2.75) is 52.8 Å². The van der Waals surface area contributed by atoms with Gasteiger partial charge in [0.1, 0.15) is 18.7 Å². The summed E-state index contributed by atoms with van der Waals surface area (Å²) in [4.78, 5) is 37.7. The van der Waals surface area contributed by atoms with E-state index < -0.39 is 30.1 Å². The monoisotopic (exact) mass is 440 g/mol. The van der Waals surface area contributed by atoms with Crippen molar-refractivity contribution in [2.24, 2.45) is 5.92 Å². The van der Waals surface area contributed by atoms with Crippen molar-refractivity contribution in [3.05, 3.63) is 70.8 Å². The fraction of sp³-hybridized carbons (Fsp3) is 0.400. The molecule has 2 aromatic carbocycles. The van der Waals surface area contributed by atoms with Gasteiger partial charge in [-0.3, -0.25) is 4.79 Å². The first-order valence-corrected chi connectivity index (χ1v) is 10.6. The smallest absolute Gasteiger partial charge is 0.408 e. The Kier molecular flexibility index (Phi) is 9.25. The standard InChI is InChI=1S/C25H32N2O5/c1-16(2)22(27-25(30)32-15-19-12-7-6-8-13-19)23(28)26-21(24(29)31-5)14-20-17(3)10-9-11-18(20)4/h6-13,16,21-22H,14-15H2,1-5H3,(H,26,28)(H,27,30)/t21-,22+/m1/s1. The molecule has 172 valence electrons. The molecule has 2 rings (SSSR count). The fourth-order valence-electron chi connectivity index (χ4n) is 3.40. The number of amides is 2. The predicted octanol–water partition coefficient (Wildman–Crippen LogP) is 3.45. The molecule has 0 aliphatic rings. The lowest BCUT2D eigenvalue weighted by molar-refractivity contribution is -0.145. The first kappa shape index (κ1) is 24.9. The lowest BCUT2D eigenvalue weighted by Crippen LogP contribution is -2.54. The molecule has 0 fully saturated rings. The lowest BCUT2D eigenvalue weighted by Gasteiger charge is -2.25. The maximum absolute atomic E-state index is 13.0. The van der Waals surface area contributed by atoms with Gasteiger partial charge in [-0.25, -0.2) is 9.59 Å². The third-order valence-electron chi connectivity index (χ3n) is 5.29. The predicted molar refractivity (Wildman–Crippen MR) is 122 cm³/mol. The topological polar surface area (TPSA) is 93.7 Å². The summed E-state index contributed by atoms with van der Waals surface area (Å²) in [6.45, 7) is 7.62. The molecule has 0 aliphatic heterocycles. The Labute approximate surface area is 189 Å². The van der Waals surface area contributed by atoms with Crippen molar-refractivity contribution in [2.75, 3.05) is 7.11 Å². The van der Waals surface area contributed by atoms with E-state index in [2.05, 4.69) is 10.6 Å². The molecular formula is C25H32N2O5. The van der Waals surface area contributed by atoms with Crippen LogP contribution in [0.4, 0.5) is 4.79 Å². The summed E-state index contributed by atoms with van der Waals surface area (Å²) in [6.07, 6.45) is -0.410. The Bertz CT molecular complexity index is 907. The number of methoxy groups -OCH3 is 1. The molecule has 7 nitrogen and oxygen atoms in total. The van der Waals surface area contributed by atoms with Crippen LogP contribution < -0.4 is 10.6 Å². The summed E-state index contributed by atoms with van der Waals surface area (Å²) in [5.74, 6) is -1.24. The molecule has 2 N–H and O–H groups in total. The number of benzene rings is 2. The molecule has 32 heavy (non-hydrogen) atoms. The van der Waals surface area contributed by atoms with E-state index >= 15 is 0 Å². The Morgan fingerprint density at radius 1 is 0.906 bits per heavy atom. The summed E-state index contributed by atoms with van der Waals surface area (Å²) in [6, 6.07) is 13.4. The zero-order valence-electron chi connectivity index (χ0n) is 19.3. The third-order valence-corrected chi connectivity index (χ3v) is 5.29. The van der Waals surface area contributed by atoms with Gasteiger partial charge in [0.2, 0.25) is 5.91 Å². The van der Waals surface area contributed by atoms with Gasteiger partial charge in [-0.1, -0.05) is 62.4 Å². The third kappa shape index (κ3) is 7.11. The molecule has 0 saturated heterocycles. The van der Waals surface area contributed by atoms with E-state index in [1.54, 1.807) is 13.8 Å². The number of carbonyl (C=O) groups is 3. The van der Waals surface area contributed by atoms with E-state index in [4.69, 9.17) is 9.47 Å². The molecule has 2 amide bonds. The number of alkyl carbamates (subject to hydrolysis) is 1. The molecular weight excluding hydrogens is 408 g/mol. The number of nitrogens with one attached hydrogen (secondary N) is 2. The number of esters is 1. The summed E-state index contributed by atoms with van der Waals surface area (Å²) >= 11 is 0. The summed E-state index contributed by atoms with van der Waals surface area (Å²) in [7, 11) is 1.28. The highest BCUT2D eigenvalue weighted by Crippen LogP contribution is 2.16. The number of ether oxygens (including phenoxy) is 2. The van der Waals surface area contributed by atoms with Crippen LogP contribution in [0.2, 0.25) is 0 Å². The fourth-order valence-corrected chi connectivity index (χ4v) is 3.40. The molecule has 0 aliphatic carbocycles. The first-order valence-electron chi connectivity index (χ1n) is 10.6. The number of carbonyl (C=O) groups excluding carboxylic acids is 3. The lowest BCUT2D eigenvalue weighted by atomic mass is 9.95. The molecule has 0 bridgehead atoms. The number of hydrogen-bond acceptors (Lipinski definition) is 5. The molecule has 0 heterocycles. The van der Waals surface area contributed by atoms with Crippen molar-refractivity contribution >= 4 is 18.0 Å². The van der Waals surface area contributed by atoms with Crippen molar-refractivity contribution in [3.63, 3.8) is 0 Å². The van der Waals surface area contributed by atoms with E-state index in [1.165, 1.54) is 7.11 Å². The number of aryl methyl sites for hydroxylation is 2. The van der Waals surface area contributed by atoms with Crippen LogP contribution >= 0.6 is 0 Å². The minimum absolute atomic E-state index is 0.0937. The summed E-state index contributed by atoms with van der Waals surface area (Å²) in [5.41, 5.74) is 3.86. The van der Waals surface area contributed by atoms with Crippen LogP contribution in [0.15, 0.2) is 48.5 Å². The van der Waals surface area contributed by atoms with Crippen LogP contribution in [0, 0.1) is 19.8 Å². The minimum atomic E-state index is -0.879. The van der Waals surface area contributed by atoms with E-state index in [-0.39, 0.29) is 12.5 Å². The minimum Gasteiger partial charge on any atom is -0.467 e. The molecule has 2 aromatic rings. The molecule has 0 saturated carbocycles. The second-order valence-electron chi connectivity index (χ2n) is 8.09. The van der Waals surface area contributed by atoms with Gasteiger partial charge < -0.3 is 20.1 Å². The SMILES string of the molecule is COC(=O)[C@@H](Cc1c(C)cccc1C)NC(=O)[C@@H](NC(=O)OCc1ccccc1)C(C)C. The molecule has 0 spiro atoms. The Morgan fingerprint density at radius 3 is 2.09 bits per heavy atom. The Morgan fingerprint density at radius 2 is 1.53 bits per heavy atom. The van der Waals surface area contributed by atoms with Gasteiger partial charge in [0, 0.05) is 6.42 Å². The largest absolute Gasteiger partial charge is 0.467 e. The van der Waals surface area contributed by atoms with Gasteiger partial charge in [-0.2, -0.15) is 0 Å². The average Bonchev–Trinajstić information content (AvgIpc) is 2.77. The van der Waals surface area contributed by atoms with Crippen LogP contribution in [0.5, 0.6) is 0 Å². The first-order chi connectivity index (χ1) is 15.2. The van der Waals surface area contributed by atoms with Crippen molar-refractivity contribution in [3.8, 4) is 0 Å². The van der Waals surface area contributed by atoms with Gasteiger partial charge in [0.05, 0.1) is 7.11 Å². The van der Waals surface area contributed by atoms with Gasteiger partial charge in [-0.15, -0.1) is 0 Å². The molecule has 7 heteroatoms. The second-order valence-corrected chi connectivity index (χ2v) is 8.09. The van der Waals surface area contributed by atoms with E-state index in [0.29, 0.717) is 6.42 Å². The van der Waals surface area contributed by atoms with Crippen molar-refractivity contribution in [1.82, 2.24) is 10.6 Å². The quantitative estimate of drug-likeness (QED) is 0.583. The molecule has 0 radical (unpaired) electrons. The second kappa shape index (κ2) is 11.9. The van der Waals surface area contributed by atoms with E-state index in [0.717, 1.165) is 22.3 Å². The van der Waals surface area contributed by atoms with Crippen molar-refractivity contribution < 1.29 is 23.9 Å². The zero-order chi connectivity index (χ0) is 23.7. The highest BCUT2D eigenvalue weighted by molar-refractivity contribution is 5.90. The van der Waals surface area contributed by atoms with E-state index in [9.17, 15) is 14.4 Å². The Hall–Kier alpha value is -3.35. The van der Waals surface area contributed by atoms with Gasteiger partial charge in [-0.05, 0) is 42.0 Å². The summed E-state index contributed by atoms with van der Waals surface area (Å²) < 4.78 is 10.1. The van der Waals surface area contributed by atoms with Crippen LogP contribution in [0.1, 0.15) is 36.1 Å². The average molecular weight is 441 g/mol. The van der Waals surface area contributed by atoms with E-state index in [1.807, 2.05) is 62.4 Å². The van der Waals surface area contributed by atoms with Crippen molar-refractivity contribution in [1.29, 1.82) is 0 Å². The molecule has 0 unspecified atom stereocenters. The van der Waals surface area contributed by atoms with Crippen LogP contribution in [0.3, 0.4) is 0 Å². The highest BCUT2D eigenvalue weighted by Gasteiger charge is 2.30. The highest BCUT2D eigenvalue weighted by atomic mass is 16.5. The van der Waals surface area contributed by atoms with Crippen LogP contribution in [-0.4, -0.2) is 37.2 Å². The maximum atomic E-state index is 13.0. The number of hydrogen-bond donors (Lipinski definition) is 2. The van der Waals surface area contributed by atoms with Crippen LogP contribution in [0.25, 0.3) is 0 Å². The van der Waals surface area contributed by atoms with Crippen LogP contribution in [-0.2, 0) is 32.1 Å². The number of rotatable bonds is 9. The molecule has 0 aromatic heterocycles. The van der Waals surface area contributed by atoms with Gasteiger partial charge in [0.25, 0.3) is 0 Å². The maximum Gasteiger partial charge on any atom is 0.408 e. The summed E-state index contributed by atoms with van der Waals surface area (Å²) in [5, 5.41) is 5.36. The van der Waals surface area contributed by atoms with Gasteiger partial charge >= 0.3 is 12.1 Å². The Balaban J connectivity index is 2.07. The zero-order valence-corrected chi connectivity index (χ0v) is 19.3. The molecule has 2 atom stereocenters.